The van der Waals surface area contributed by atoms with Gasteiger partial charge < -0.3 is 10.5 Å². The van der Waals surface area contributed by atoms with Gasteiger partial charge in [-0.2, -0.15) is 0 Å². The zero-order valence-corrected chi connectivity index (χ0v) is 12.2. The first-order valence-corrected chi connectivity index (χ1v) is 6.62. The van der Waals surface area contributed by atoms with Gasteiger partial charge in [0.05, 0.1) is 0 Å². The van der Waals surface area contributed by atoms with Crippen LogP contribution in [-0.2, 0) is 4.74 Å². The fourth-order valence-corrected chi connectivity index (χ4v) is 1.86. The molecule has 0 radical (unpaired) electrons. The first kappa shape index (κ1) is 15.5. The standard InChI is InChI=1S/C15H24N2O2/c1-11(9-10-16)12-7-5-6-8-13(12)17-14(18)19-15(2,3)4/h5-8,11H,9-10,16H2,1-4H3,(H,17,18). The summed E-state index contributed by atoms with van der Waals surface area (Å²) in [5.41, 5.74) is 6.96. The highest BCUT2D eigenvalue weighted by molar-refractivity contribution is 5.86. The minimum atomic E-state index is -0.498. The minimum Gasteiger partial charge on any atom is -0.444 e. The van der Waals surface area contributed by atoms with Crippen molar-refractivity contribution in [2.75, 3.05) is 11.9 Å². The molecule has 0 bridgehead atoms. The number of amides is 1. The van der Waals surface area contributed by atoms with Gasteiger partial charge in [0, 0.05) is 5.69 Å². The fourth-order valence-electron chi connectivity index (χ4n) is 1.86. The molecule has 1 amide bonds. The third-order valence-electron chi connectivity index (χ3n) is 2.73. The molecule has 106 valence electrons. The van der Waals surface area contributed by atoms with Crippen molar-refractivity contribution in [3.63, 3.8) is 0 Å². The highest BCUT2D eigenvalue weighted by atomic mass is 16.6. The number of nitrogens with two attached hydrogens (primary N) is 1. The summed E-state index contributed by atoms with van der Waals surface area (Å²) in [5, 5.41) is 2.80. The predicted octanol–water partition coefficient (Wildman–Crippen LogP) is 3.49. The van der Waals surface area contributed by atoms with Crippen molar-refractivity contribution in [2.24, 2.45) is 5.73 Å². The average molecular weight is 264 g/mol. The third kappa shape index (κ3) is 5.30. The van der Waals surface area contributed by atoms with E-state index in [1.54, 1.807) is 0 Å². The van der Waals surface area contributed by atoms with Crippen LogP contribution in [0.15, 0.2) is 24.3 Å². The number of anilines is 1. The van der Waals surface area contributed by atoms with Gasteiger partial charge in [0.1, 0.15) is 5.60 Å². The summed E-state index contributed by atoms with van der Waals surface area (Å²) in [7, 11) is 0. The highest BCUT2D eigenvalue weighted by Gasteiger charge is 2.18. The lowest BCUT2D eigenvalue weighted by molar-refractivity contribution is 0.0636. The summed E-state index contributed by atoms with van der Waals surface area (Å²) in [4.78, 5) is 11.8. The molecule has 19 heavy (non-hydrogen) atoms. The van der Waals surface area contributed by atoms with Crippen molar-refractivity contribution < 1.29 is 9.53 Å². The van der Waals surface area contributed by atoms with Crippen molar-refractivity contribution in [1.29, 1.82) is 0 Å². The molecule has 1 unspecified atom stereocenters. The Balaban J connectivity index is 2.81. The second-order valence-electron chi connectivity index (χ2n) is 5.69. The normalized spacial score (nSPS) is 12.9. The van der Waals surface area contributed by atoms with Gasteiger partial charge in [-0.3, -0.25) is 5.32 Å². The van der Waals surface area contributed by atoms with E-state index in [1.807, 2.05) is 45.0 Å². The number of carbonyl (C=O) groups is 1. The van der Waals surface area contributed by atoms with Crippen LogP contribution in [0.4, 0.5) is 10.5 Å². The Morgan fingerprint density at radius 3 is 2.58 bits per heavy atom. The Hall–Kier alpha value is -1.55. The van der Waals surface area contributed by atoms with Gasteiger partial charge in [-0.05, 0) is 51.3 Å². The summed E-state index contributed by atoms with van der Waals surface area (Å²) in [6.07, 6.45) is 0.451. The van der Waals surface area contributed by atoms with E-state index in [4.69, 9.17) is 10.5 Å². The van der Waals surface area contributed by atoms with E-state index in [9.17, 15) is 4.79 Å². The van der Waals surface area contributed by atoms with Gasteiger partial charge in [-0.25, -0.2) is 4.79 Å². The number of benzene rings is 1. The molecule has 0 fully saturated rings. The zero-order valence-electron chi connectivity index (χ0n) is 12.2. The maximum absolute atomic E-state index is 11.8. The van der Waals surface area contributed by atoms with Gasteiger partial charge >= 0.3 is 6.09 Å². The molecule has 1 aromatic carbocycles. The molecule has 1 aromatic rings. The van der Waals surface area contributed by atoms with E-state index in [-0.39, 0.29) is 0 Å². The summed E-state index contributed by atoms with van der Waals surface area (Å²) >= 11 is 0. The lowest BCUT2D eigenvalue weighted by atomic mass is 9.96. The van der Waals surface area contributed by atoms with E-state index in [2.05, 4.69) is 12.2 Å². The van der Waals surface area contributed by atoms with Crippen molar-refractivity contribution >= 4 is 11.8 Å². The Morgan fingerprint density at radius 1 is 1.37 bits per heavy atom. The summed E-state index contributed by atoms with van der Waals surface area (Å²) < 4.78 is 5.26. The summed E-state index contributed by atoms with van der Waals surface area (Å²) in [5.74, 6) is 0.302. The predicted molar refractivity (Wildman–Crippen MR) is 78.4 cm³/mol. The van der Waals surface area contributed by atoms with Crippen molar-refractivity contribution in [3.05, 3.63) is 29.8 Å². The van der Waals surface area contributed by atoms with Crippen LogP contribution in [0.5, 0.6) is 0 Å². The van der Waals surface area contributed by atoms with Crippen LogP contribution in [0, 0.1) is 0 Å². The molecule has 0 aliphatic rings. The molecule has 4 heteroatoms. The second-order valence-corrected chi connectivity index (χ2v) is 5.69. The number of carbonyl (C=O) groups excluding carboxylic acids is 1. The van der Waals surface area contributed by atoms with Gasteiger partial charge in [0.15, 0.2) is 0 Å². The van der Waals surface area contributed by atoms with Gasteiger partial charge in [-0.15, -0.1) is 0 Å². The lowest BCUT2D eigenvalue weighted by Crippen LogP contribution is -2.27. The molecule has 0 heterocycles. The van der Waals surface area contributed by atoms with Crippen LogP contribution < -0.4 is 11.1 Å². The minimum absolute atomic E-state index is 0.302. The topological polar surface area (TPSA) is 64.3 Å². The maximum Gasteiger partial charge on any atom is 0.412 e. The van der Waals surface area contributed by atoms with E-state index in [0.717, 1.165) is 17.7 Å². The lowest BCUT2D eigenvalue weighted by Gasteiger charge is -2.21. The first-order valence-electron chi connectivity index (χ1n) is 6.62. The van der Waals surface area contributed by atoms with Gasteiger partial charge in [0.2, 0.25) is 0 Å². The van der Waals surface area contributed by atoms with Crippen LogP contribution in [0.3, 0.4) is 0 Å². The van der Waals surface area contributed by atoms with E-state index >= 15 is 0 Å². The number of nitrogens with one attached hydrogen (secondary N) is 1. The van der Waals surface area contributed by atoms with Crippen LogP contribution in [0.25, 0.3) is 0 Å². The molecule has 1 rings (SSSR count). The molecule has 1 atom stereocenters. The molecule has 4 nitrogen and oxygen atoms in total. The molecule has 0 saturated heterocycles. The average Bonchev–Trinajstić information content (AvgIpc) is 2.27. The molecular formula is C15H24N2O2. The van der Waals surface area contributed by atoms with Crippen LogP contribution in [0.1, 0.15) is 45.6 Å². The largest absolute Gasteiger partial charge is 0.444 e. The van der Waals surface area contributed by atoms with Crippen molar-refractivity contribution in [3.8, 4) is 0 Å². The fraction of sp³-hybridized carbons (Fsp3) is 0.533. The molecule has 0 spiro atoms. The smallest absolute Gasteiger partial charge is 0.412 e. The Labute approximate surface area is 115 Å². The summed E-state index contributed by atoms with van der Waals surface area (Å²) in [6.45, 7) is 8.25. The number of hydrogen-bond donors (Lipinski definition) is 2. The number of rotatable bonds is 4. The van der Waals surface area contributed by atoms with Crippen molar-refractivity contribution in [2.45, 2.75) is 45.6 Å². The Kier molecular flexibility index (Phi) is 5.36. The molecule has 0 aliphatic carbocycles. The van der Waals surface area contributed by atoms with Crippen LogP contribution in [0.2, 0.25) is 0 Å². The van der Waals surface area contributed by atoms with Crippen LogP contribution in [-0.4, -0.2) is 18.2 Å². The van der Waals surface area contributed by atoms with E-state index < -0.39 is 11.7 Å². The van der Waals surface area contributed by atoms with E-state index in [1.165, 1.54) is 0 Å². The monoisotopic (exact) mass is 264 g/mol. The van der Waals surface area contributed by atoms with Crippen molar-refractivity contribution in [1.82, 2.24) is 0 Å². The molecule has 3 N–H and O–H groups in total. The third-order valence-corrected chi connectivity index (χ3v) is 2.73. The summed E-state index contributed by atoms with van der Waals surface area (Å²) in [6, 6.07) is 7.74. The molecule has 0 aromatic heterocycles. The number of hydrogen-bond acceptors (Lipinski definition) is 3. The number of para-hydroxylation sites is 1. The molecule has 0 saturated carbocycles. The number of ether oxygens (including phenoxy) is 1. The Bertz CT molecular complexity index is 424. The SMILES string of the molecule is CC(CCN)c1ccccc1NC(=O)OC(C)(C)C. The van der Waals surface area contributed by atoms with Gasteiger partial charge in [-0.1, -0.05) is 25.1 Å². The zero-order chi connectivity index (χ0) is 14.5. The van der Waals surface area contributed by atoms with Gasteiger partial charge in [0.25, 0.3) is 0 Å². The quantitative estimate of drug-likeness (QED) is 0.875. The highest BCUT2D eigenvalue weighted by Crippen LogP contribution is 2.26. The van der Waals surface area contributed by atoms with Crippen LogP contribution >= 0.6 is 0 Å². The maximum atomic E-state index is 11.8. The molecule has 0 aliphatic heterocycles. The Morgan fingerprint density at radius 2 is 2.00 bits per heavy atom. The van der Waals surface area contributed by atoms with E-state index in [0.29, 0.717) is 12.5 Å². The first-order chi connectivity index (χ1) is 8.83. The second kappa shape index (κ2) is 6.57. The molecular weight excluding hydrogens is 240 g/mol.